The van der Waals surface area contributed by atoms with Crippen LogP contribution in [-0.2, 0) is 0 Å². The number of rotatable bonds is 4. The Balaban J connectivity index is 1.39. The number of carbonyl (C=O) groups excluding carboxylic acids is 1. The van der Waals surface area contributed by atoms with Gasteiger partial charge in [0.05, 0.1) is 11.1 Å². The maximum Gasteiger partial charge on any atom is 0.256 e. The van der Waals surface area contributed by atoms with E-state index >= 15 is 0 Å². The van der Waals surface area contributed by atoms with E-state index in [1.807, 2.05) is 30.3 Å². The molecule has 1 amide bonds. The van der Waals surface area contributed by atoms with E-state index in [2.05, 4.69) is 15.1 Å². The summed E-state index contributed by atoms with van der Waals surface area (Å²) < 4.78 is 26.5. The molecular weight excluding hydrogens is 422 g/mol. The van der Waals surface area contributed by atoms with Gasteiger partial charge < -0.3 is 15.1 Å². The van der Waals surface area contributed by atoms with Crippen LogP contribution < -0.4 is 15.1 Å². The van der Waals surface area contributed by atoms with Crippen LogP contribution in [0.3, 0.4) is 0 Å². The molecule has 0 unspecified atom stereocenters. The molecule has 0 spiro atoms. The molecule has 2 heterocycles. The van der Waals surface area contributed by atoms with Gasteiger partial charge in [0.15, 0.2) is 0 Å². The van der Waals surface area contributed by atoms with E-state index in [0.717, 1.165) is 48.6 Å². The fraction of sp³-hybridized carbons (Fsp3) is 0.154. The normalized spacial score (nSPS) is 13.9. The van der Waals surface area contributed by atoms with Crippen LogP contribution in [-0.4, -0.2) is 37.1 Å². The molecule has 1 fully saturated rings. The number of fused-ring (bicyclic) bond motifs is 1. The Morgan fingerprint density at radius 1 is 0.788 bits per heavy atom. The van der Waals surface area contributed by atoms with Crippen molar-refractivity contribution >= 4 is 34.0 Å². The molecule has 7 heteroatoms. The molecular formula is C26H22F2N4O. The predicted octanol–water partition coefficient (Wildman–Crippen LogP) is 5.09. The van der Waals surface area contributed by atoms with Crippen LogP contribution in [0.5, 0.6) is 0 Å². The van der Waals surface area contributed by atoms with Crippen LogP contribution in [0, 0.1) is 11.6 Å². The van der Waals surface area contributed by atoms with Crippen molar-refractivity contribution in [3.05, 3.63) is 96.1 Å². The Morgan fingerprint density at radius 2 is 1.39 bits per heavy atom. The maximum absolute atomic E-state index is 13.2. The molecule has 0 saturated carbocycles. The Labute approximate surface area is 190 Å². The van der Waals surface area contributed by atoms with Gasteiger partial charge in [-0.3, -0.25) is 4.79 Å². The molecule has 0 radical (unpaired) electrons. The molecule has 1 saturated heterocycles. The molecule has 166 valence electrons. The van der Waals surface area contributed by atoms with Crippen molar-refractivity contribution in [2.75, 3.05) is 41.3 Å². The van der Waals surface area contributed by atoms with Crippen molar-refractivity contribution in [3.8, 4) is 0 Å². The van der Waals surface area contributed by atoms with Gasteiger partial charge in [-0.2, -0.15) is 0 Å². The van der Waals surface area contributed by atoms with Gasteiger partial charge in [-0.15, -0.1) is 0 Å². The van der Waals surface area contributed by atoms with Crippen LogP contribution in [0.4, 0.5) is 26.0 Å². The molecule has 0 atom stereocenters. The van der Waals surface area contributed by atoms with E-state index in [4.69, 9.17) is 4.98 Å². The summed E-state index contributed by atoms with van der Waals surface area (Å²) in [6.45, 7) is 2.97. The summed E-state index contributed by atoms with van der Waals surface area (Å²) in [6, 6.07) is 21.6. The quantitative estimate of drug-likeness (QED) is 0.476. The third-order valence-electron chi connectivity index (χ3n) is 5.84. The van der Waals surface area contributed by atoms with Gasteiger partial charge in [-0.25, -0.2) is 13.8 Å². The average molecular weight is 444 g/mol. The third kappa shape index (κ3) is 4.48. The van der Waals surface area contributed by atoms with Gasteiger partial charge in [-0.05, 0) is 60.7 Å². The first-order chi connectivity index (χ1) is 16.1. The van der Waals surface area contributed by atoms with Crippen molar-refractivity contribution in [1.29, 1.82) is 0 Å². The minimum absolute atomic E-state index is 0.246. The summed E-state index contributed by atoms with van der Waals surface area (Å²) in [5.41, 5.74) is 2.76. The van der Waals surface area contributed by atoms with Crippen molar-refractivity contribution in [1.82, 2.24) is 4.98 Å². The number of pyridine rings is 1. The largest absolute Gasteiger partial charge is 0.368 e. The number of nitrogens with one attached hydrogen (secondary N) is 1. The fourth-order valence-corrected chi connectivity index (χ4v) is 4.09. The second-order valence-electron chi connectivity index (χ2n) is 7.96. The Bertz CT molecular complexity index is 1280. The van der Waals surface area contributed by atoms with E-state index in [1.54, 1.807) is 12.1 Å². The molecule has 33 heavy (non-hydrogen) atoms. The minimum atomic E-state index is -0.357. The molecule has 1 aliphatic heterocycles. The van der Waals surface area contributed by atoms with Gasteiger partial charge in [0.25, 0.3) is 5.91 Å². The lowest BCUT2D eigenvalue weighted by atomic mass is 10.1. The molecule has 4 aromatic rings. The topological polar surface area (TPSA) is 48.5 Å². The summed E-state index contributed by atoms with van der Waals surface area (Å²) in [5, 5.41) is 3.61. The minimum Gasteiger partial charge on any atom is -0.368 e. The number of hydrogen-bond donors (Lipinski definition) is 1. The number of anilines is 3. The number of para-hydroxylation sites is 1. The molecule has 1 aromatic heterocycles. The number of benzene rings is 3. The fourth-order valence-electron chi connectivity index (χ4n) is 4.09. The maximum atomic E-state index is 13.2. The number of amides is 1. The molecule has 5 nitrogen and oxygen atoms in total. The number of nitrogens with zero attached hydrogens (tertiary/aromatic N) is 3. The van der Waals surface area contributed by atoms with E-state index in [0.29, 0.717) is 11.3 Å². The van der Waals surface area contributed by atoms with Crippen LogP contribution in [0.1, 0.15) is 10.4 Å². The van der Waals surface area contributed by atoms with Crippen molar-refractivity contribution in [2.24, 2.45) is 0 Å². The lowest BCUT2D eigenvalue weighted by Gasteiger charge is -2.37. The summed E-state index contributed by atoms with van der Waals surface area (Å²) in [4.78, 5) is 22.3. The smallest absolute Gasteiger partial charge is 0.256 e. The summed E-state index contributed by atoms with van der Waals surface area (Å²) >= 11 is 0. The number of aromatic nitrogens is 1. The van der Waals surface area contributed by atoms with Crippen LogP contribution in [0.15, 0.2) is 78.9 Å². The summed E-state index contributed by atoms with van der Waals surface area (Å²) in [7, 11) is 0. The van der Waals surface area contributed by atoms with Gasteiger partial charge in [0.2, 0.25) is 0 Å². The van der Waals surface area contributed by atoms with E-state index in [9.17, 15) is 13.6 Å². The molecule has 0 bridgehead atoms. The molecule has 5 rings (SSSR count). The Hall–Kier alpha value is -4.00. The van der Waals surface area contributed by atoms with Crippen molar-refractivity contribution < 1.29 is 13.6 Å². The summed E-state index contributed by atoms with van der Waals surface area (Å²) in [5.74, 6) is -0.142. The Kier molecular flexibility index (Phi) is 5.60. The van der Waals surface area contributed by atoms with Crippen LogP contribution in [0.2, 0.25) is 0 Å². The van der Waals surface area contributed by atoms with Gasteiger partial charge in [0.1, 0.15) is 17.5 Å². The highest BCUT2D eigenvalue weighted by atomic mass is 19.1. The van der Waals surface area contributed by atoms with Gasteiger partial charge in [-0.1, -0.05) is 18.2 Å². The first-order valence-corrected chi connectivity index (χ1v) is 10.8. The standard InChI is InChI=1S/C26H22F2N4O/c27-18-5-9-20(10-6-18)29-26(33)23-17-25(30-24-4-2-1-3-22(23)24)32-15-13-31(14-16-32)21-11-7-19(28)8-12-21/h1-12,17H,13-16H2,(H,29,33). The first kappa shape index (κ1) is 20.9. The second-order valence-corrected chi connectivity index (χ2v) is 7.96. The SMILES string of the molecule is O=C(Nc1ccc(F)cc1)c1cc(N2CCN(c3ccc(F)cc3)CC2)nc2ccccc12. The highest BCUT2D eigenvalue weighted by molar-refractivity contribution is 6.13. The third-order valence-corrected chi connectivity index (χ3v) is 5.84. The van der Waals surface area contributed by atoms with Crippen LogP contribution >= 0.6 is 0 Å². The first-order valence-electron chi connectivity index (χ1n) is 10.8. The number of carbonyl (C=O) groups is 1. The number of piperazine rings is 1. The molecule has 1 aliphatic rings. The average Bonchev–Trinajstić information content (AvgIpc) is 2.85. The molecule has 1 N–H and O–H groups in total. The van der Waals surface area contributed by atoms with Crippen molar-refractivity contribution in [3.63, 3.8) is 0 Å². The van der Waals surface area contributed by atoms with E-state index in [1.165, 1.54) is 36.4 Å². The van der Waals surface area contributed by atoms with E-state index < -0.39 is 0 Å². The van der Waals surface area contributed by atoms with Gasteiger partial charge >= 0.3 is 0 Å². The zero-order valence-electron chi connectivity index (χ0n) is 17.8. The van der Waals surface area contributed by atoms with Crippen LogP contribution in [0.25, 0.3) is 10.9 Å². The second kappa shape index (κ2) is 8.86. The summed E-state index contributed by atoms with van der Waals surface area (Å²) in [6.07, 6.45) is 0. The predicted molar refractivity (Wildman–Crippen MR) is 127 cm³/mol. The monoisotopic (exact) mass is 444 g/mol. The van der Waals surface area contributed by atoms with Crippen molar-refractivity contribution in [2.45, 2.75) is 0 Å². The highest BCUT2D eigenvalue weighted by Crippen LogP contribution is 2.26. The zero-order chi connectivity index (χ0) is 22.8. The zero-order valence-corrected chi connectivity index (χ0v) is 17.8. The van der Waals surface area contributed by atoms with Gasteiger partial charge in [0, 0.05) is 42.9 Å². The lowest BCUT2D eigenvalue weighted by molar-refractivity contribution is 0.102. The molecule has 3 aromatic carbocycles. The van der Waals surface area contributed by atoms with E-state index in [-0.39, 0.29) is 17.5 Å². The highest BCUT2D eigenvalue weighted by Gasteiger charge is 2.21. The lowest BCUT2D eigenvalue weighted by Crippen LogP contribution is -2.46. The molecule has 0 aliphatic carbocycles. The Morgan fingerprint density at radius 3 is 2.09 bits per heavy atom. The number of halogens is 2. The number of hydrogen-bond acceptors (Lipinski definition) is 4.